The van der Waals surface area contributed by atoms with E-state index in [0.717, 1.165) is 30.4 Å². The number of aliphatic hydroxyl groups is 1. The summed E-state index contributed by atoms with van der Waals surface area (Å²) in [5, 5.41) is 12.9. The Bertz CT molecular complexity index is 328. The largest absolute Gasteiger partial charge is 0.396 e. The molecule has 2 nitrogen and oxygen atoms in total. The Morgan fingerprint density at radius 2 is 2.00 bits per heavy atom. The summed E-state index contributed by atoms with van der Waals surface area (Å²) < 4.78 is 1.11. The average Bonchev–Trinajstić information content (AvgIpc) is 2.35. The third-order valence-electron chi connectivity index (χ3n) is 3.55. The molecule has 1 aromatic carbocycles. The number of hydrogen-bond acceptors (Lipinski definition) is 2. The van der Waals surface area contributed by atoms with Gasteiger partial charge in [0.1, 0.15) is 0 Å². The molecule has 2 N–H and O–H groups in total. The van der Waals surface area contributed by atoms with Gasteiger partial charge in [0.05, 0.1) is 0 Å². The second kappa shape index (κ2) is 7.14. The van der Waals surface area contributed by atoms with Crippen LogP contribution < -0.4 is 5.32 Å². The number of benzene rings is 1. The monoisotopic (exact) mass is 299 g/mol. The van der Waals surface area contributed by atoms with E-state index in [0.29, 0.717) is 0 Å². The van der Waals surface area contributed by atoms with Crippen LogP contribution in [0.15, 0.2) is 28.7 Å². The number of halogens is 1. The van der Waals surface area contributed by atoms with Crippen LogP contribution in [-0.4, -0.2) is 18.3 Å². The number of nitrogens with one attached hydrogen (secondary N) is 1. The molecule has 0 amide bonds. The van der Waals surface area contributed by atoms with E-state index in [-0.39, 0.29) is 12.0 Å². The summed E-state index contributed by atoms with van der Waals surface area (Å²) in [5.74, 6) is 0. The van der Waals surface area contributed by atoms with Gasteiger partial charge in [0.15, 0.2) is 0 Å². The van der Waals surface area contributed by atoms with Crippen molar-refractivity contribution < 1.29 is 5.11 Å². The van der Waals surface area contributed by atoms with Gasteiger partial charge in [-0.3, -0.25) is 0 Å². The van der Waals surface area contributed by atoms with E-state index in [1.54, 1.807) is 0 Å². The zero-order valence-corrected chi connectivity index (χ0v) is 12.3. The fraction of sp³-hybridized carbons (Fsp3) is 0.571. The van der Waals surface area contributed by atoms with E-state index in [1.165, 1.54) is 5.56 Å². The minimum absolute atomic E-state index is 0.0337. The lowest BCUT2D eigenvalue weighted by atomic mass is 9.83. The van der Waals surface area contributed by atoms with Crippen molar-refractivity contribution in [1.29, 1.82) is 0 Å². The van der Waals surface area contributed by atoms with Gasteiger partial charge in [-0.2, -0.15) is 0 Å². The van der Waals surface area contributed by atoms with Gasteiger partial charge < -0.3 is 10.4 Å². The van der Waals surface area contributed by atoms with Crippen molar-refractivity contribution in [1.82, 2.24) is 5.32 Å². The van der Waals surface area contributed by atoms with E-state index >= 15 is 0 Å². The Morgan fingerprint density at radius 3 is 2.53 bits per heavy atom. The second-order valence-electron chi connectivity index (χ2n) is 4.60. The van der Waals surface area contributed by atoms with E-state index in [2.05, 4.69) is 47.2 Å². The van der Waals surface area contributed by atoms with Crippen LogP contribution in [0.4, 0.5) is 0 Å². The summed E-state index contributed by atoms with van der Waals surface area (Å²) in [6.45, 7) is 6.25. The van der Waals surface area contributed by atoms with Crippen molar-refractivity contribution in [2.75, 3.05) is 13.2 Å². The molecule has 0 atom stereocenters. The van der Waals surface area contributed by atoms with Crippen LogP contribution >= 0.6 is 15.9 Å². The lowest BCUT2D eigenvalue weighted by Crippen LogP contribution is -2.36. The molecule has 1 rings (SSSR count). The zero-order chi connectivity index (χ0) is 12.7. The first kappa shape index (κ1) is 14.7. The molecule has 0 radical (unpaired) electrons. The summed E-state index contributed by atoms with van der Waals surface area (Å²) in [6, 6.07) is 8.29. The molecule has 17 heavy (non-hydrogen) atoms. The Morgan fingerprint density at radius 1 is 1.29 bits per heavy atom. The van der Waals surface area contributed by atoms with Gasteiger partial charge in [-0.05, 0) is 30.5 Å². The number of rotatable bonds is 7. The van der Waals surface area contributed by atoms with E-state index in [1.807, 2.05) is 12.1 Å². The minimum Gasteiger partial charge on any atom is -0.396 e. The van der Waals surface area contributed by atoms with Crippen LogP contribution in [0.1, 0.15) is 32.3 Å². The van der Waals surface area contributed by atoms with Crippen LogP contribution in [-0.2, 0) is 6.54 Å². The molecule has 1 aromatic rings. The SMILES string of the molecule is CCC(CC)(CO)CNCc1cccc(Br)c1. The van der Waals surface area contributed by atoms with Gasteiger partial charge in [0.25, 0.3) is 0 Å². The summed E-state index contributed by atoms with van der Waals surface area (Å²) in [5.41, 5.74) is 1.30. The third-order valence-corrected chi connectivity index (χ3v) is 4.05. The average molecular weight is 300 g/mol. The number of aliphatic hydroxyl groups excluding tert-OH is 1. The fourth-order valence-electron chi connectivity index (χ4n) is 1.90. The van der Waals surface area contributed by atoms with Crippen LogP contribution in [0, 0.1) is 5.41 Å². The van der Waals surface area contributed by atoms with Crippen LogP contribution in [0.2, 0.25) is 0 Å². The highest BCUT2D eigenvalue weighted by Crippen LogP contribution is 2.24. The molecule has 0 fully saturated rings. The molecular formula is C14H22BrNO. The van der Waals surface area contributed by atoms with E-state index < -0.39 is 0 Å². The quantitative estimate of drug-likeness (QED) is 0.809. The maximum atomic E-state index is 9.47. The highest BCUT2D eigenvalue weighted by molar-refractivity contribution is 9.10. The first-order valence-electron chi connectivity index (χ1n) is 6.22. The summed E-state index contributed by atoms with van der Waals surface area (Å²) >= 11 is 3.47. The molecular weight excluding hydrogens is 278 g/mol. The molecule has 0 unspecified atom stereocenters. The Hall–Kier alpha value is -0.380. The second-order valence-corrected chi connectivity index (χ2v) is 5.51. The lowest BCUT2D eigenvalue weighted by molar-refractivity contribution is 0.113. The van der Waals surface area contributed by atoms with Crippen molar-refractivity contribution in [3.8, 4) is 0 Å². The highest BCUT2D eigenvalue weighted by atomic mass is 79.9. The third kappa shape index (κ3) is 4.41. The first-order chi connectivity index (χ1) is 8.15. The summed E-state index contributed by atoms with van der Waals surface area (Å²) in [4.78, 5) is 0. The van der Waals surface area contributed by atoms with E-state index in [4.69, 9.17) is 0 Å². The maximum Gasteiger partial charge on any atom is 0.0499 e. The Labute approximate surface area is 113 Å². The highest BCUT2D eigenvalue weighted by Gasteiger charge is 2.24. The maximum absolute atomic E-state index is 9.47. The number of hydrogen-bond donors (Lipinski definition) is 2. The zero-order valence-electron chi connectivity index (χ0n) is 10.7. The molecule has 3 heteroatoms. The van der Waals surface area contributed by atoms with Crippen LogP contribution in [0.3, 0.4) is 0 Å². The smallest absolute Gasteiger partial charge is 0.0499 e. The van der Waals surface area contributed by atoms with Crippen molar-refractivity contribution in [3.05, 3.63) is 34.3 Å². The first-order valence-corrected chi connectivity index (χ1v) is 7.01. The predicted octanol–water partition coefficient (Wildman–Crippen LogP) is 3.34. The molecule has 0 aromatic heterocycles. The molecule has 0 heterocycles. The standard InChI is InChI=1S/C14H22BrNO/c1-3-14(4-2,11-17)10-16-9-12-6-5-7-13(15)8-12/h5-8,16-17H,3-4,9-11H2,1-2H3. The van der Waals surface area contributed by atoms with Crippen LogP contribution in [0.5, 0.6) is 0 Å². The fourth-order valence-corrected chi connectivity index (χ4v) is 2.35. The Kier molecular flexibility index (Phi) is 6.17. The lowest BCUT2D eigenvalue weighted by Gasteiger charge is -2.29. The molecule has 0 spiro atoms. The topological polar surface area (TPSA) is 32.3 Å². The summed E-state index contributed by atoms with van der Waals surface area (Å²) in [6.07, 6.45) is 2.01. The van der Waals surface area contributed by atoms with Gasteiger partial charge in [-0.1, -0.05) is 41.9 Å². The van der Waals surface area contributed by atoms with Crippen molar-refractivity contribution >= 4 is 15.9 Å². The molecule has 0 aliphatic rings. The van der Waals surface area contributed by atoms with Gasteiger partial charge in [0, 0.05) is 29.6 Å². The molecule has 0 saturated carbocycles. The van der Waals surface area contributed by atoms with Gasteiger partial charge >= 0.3 is 0 Å². The van der Waals surface area contributed by atoms with Gasteiger partial charge in [-0.25, -0.2) is 0 Å². The normalized spacial score (nSPS) is 11.8. The van der Waals surface area contributed by atoms with Crippen molar-refractivity contribution in [2.24, 2.45) is 5.41 Å². The summed E-state index contributed by atoms with van der Waals surface area (Å²) in [7, 11) is 0. The van der Waals surface area contributed by atoms with E-state index in [9.17, 15) is 5.11 Å². The molecule has 0 bridgehead atoms. The van der Waals surface area contributed by atoms with Gasteiger partial charge in [0.2, 0.25) is 0 Å². The minimum atomic E-state index is 0.0337. The molecule has 0 saturated heterocycles. The molecule has 0 aliphatic carbocycles. The molecule has 0 aliphatic heterocycles. The van der Waals surface area contributed by atoms with Crippen molar-refractivity contribution in [3.63, 3.8) is 0 Å². The van der Waals surface area contributed by atoms with Crippen molar-refractivity contribution in [2.45, 2.75) is 33.2 Å². The Balaban J connectivity index is 2.46. The predicted molar refractivity (Wildman–Crippen MR) is 75.9 cm³/mol. The van der Waals surface area contributed by atoms with Gasteiger partial charge in [-0.15, -0.1) is 0 Å². The van der Waals surface area contributed by atoms with Crippen LogP contribution in [0.25, 0.3) is 0 Å². The molecule has 96 valence electrons.